The first-order valence-corrected chi connectivity index (χ1v) is 11.4. The molecule has 2 N–H and O–H groups in total. The van der Waals surface area contributed by atoms with Crippen LogP contribution in [0, 0.1) is 12.5 Å². The molecule has 32 heavy (non-hydrogen) atoms. The third kappa shape index (κ3) is 6.03. The van der Waals surface area contributed by atoms with Crippen LogP contribution >= 0.6 is 0 Å². The highest BCUT2D eigenvalue weighted by molar-refractivity contribution is 5.46. The van der Waals surface area contributed by atoms with Crippen LogP contribution in [0.5, 0.6) is 11.5 Å². The molecule has 0 aliphatic carbocycles. The second-order valence-electron chi connectivity index (χ2n) is 8.59. The van der Waals surface area contributed by atoms with Gasteiger partial charge in [0.1, 0.15) is 0 Å². The van der Waals surface area contributed by atoms with Crippen LogP contribution in [0.4, 0.5) is 0 Å². The summed E-state index contributed by atoms with van der Waals surface area (Å²) in [6.07, 6.45) is 5.97. The molecule has 0 amide bonds. The van der Waals surface area contributed by atoms with Gasteiger partial charge in [-0.3, -0.25) is 0 Å². The van der Waals surface area contributed by atoms with E-state index in [1.54, 1.807) is 14.2 Å². The van der Waals surface area contributed by atoms with Gasteiger partial charge in [0.2, 0.25) is 0 Å². The normalized spacial score (nSPS) is 12.9. The van der Waals surface area contributed by atoms with E-state index in [1.165, 1.54) is 5.56 Å². The molecule has 174 valence electrons. The van der Waals surface area contributed by atoms with Crippen molar-refractivity contribution in [2.75, 3.05) is 14.2 Å². The zero-order valence-corrected chi connectivity index (χ0v) is 19.9. The van der Waals surface area contributed by atoms with Gasteiger partial charge in [-0.15, -0.1) is 0 Å². The number of aliphatic hydroxyl groups excluding tert-OH is 2. The summed E-state index contributed by atoms with van der Waals surface area (Å²) in [4.78, 5) is 4.13. The minimum atomic E-state index is -0.574. The number of ether oxygens (including phenoxy) is 2. The molecule has 5 nitrogen and oxygen atoms in total. The number of benzene rings is 2. The van der Waals surface area contributed by atoms with E-state index in [1.807, 2.05) is 36.4 Å². The Hall–Kier alpha value is -2.55. The summed E-state index contributed by atoms with van der Waals surface area (Å²) in [5.74, 6) is 1.52. The summed E-state index contributed by atoms with van der Waals surface area (Å²) in [5.41, 5.74) is 3.19. The van der Waals surface area contributed by atoms with E-state index >= 15 is 0 Å². The molecule has 2 rings (SSSR count). The highest BCUT2D eigenvalue weighted by atomic mass is 16.5. The molecule has 0 aliphatic rings. The van der Waals surface area contributed by atoms with Gasteiger partial charge in [0.15, 0.2) is 11.5 Å². The smallest absolute Gasteiger partial charge is 0.259 e. The van der Waals surface area contributed by atoms with Crippen molar-refractivity contribution < 1.29 is 19.7 Å². The van der Waals surface area contributed by atoms with Crippen molar-refractivity contribution in [1.29, 1.82) is 0 Å². The Morgan fingerprint density at radius 1 is 0.875 bits per heavy atom. The van der Waals surface area contributed by atoms with Crippen molar-refractivity contribution in [3.63, 3.8) is 0 Å². The molecule has 0 aliphatic heterocycles. The van der Waals surface area contributed by atoms with Crippen LogP contribution in [0.1, 0.15) is 68.2 Å². The Labute approximate surface area is 192 Å². The predicted octanol–water partition coefficient (Wildman–Crippen LogP) is 5.65. The zero-order chi connectivity index (χ0) is 23.6. The minimum absolute atomic E-state index is 0.0467. The number of nitrogens with zero attached hydrogens (tertiary/aromatic N) is 1. The van der Waals surface area contributed by atoms with Crippen LogP contribution in [0.3, 0.4) is 0 Å². The van der Waals surface area contributed by atoms with Gasteiger partial charge in [-0.25, -0.2) is 6.57 Å². The van der Waals surface area contributed by atoms with Crippen LogP contribution in [-0.4, -0.2) is 24.4 Å². The predicted molar refractivity (Wildman–Crippen MR) is 128 cm³/mol. The first-order chi connectivity index (χ1) is 15.4. The molecule has 0 fully saturated rings. The maximum absolute atomic E-state index is 9.47. The van der Waals surface area contributed by atoms with Crippen molar-refractivity contribution in [1.82, 2.24) is 0 Å². The first-order valence-electron chi connectivity index (χ1n) is 11.4. The lowest BCUT2D eigenvalue weighted by molar-refractivity contribution is 0.260. The van der Waals surface area contributed by atoms with Crippen LogP contribution in [-0.2, 0) is 25.2 Å². The maximum atomic E-state index is 9.47. The molecule has 2 aromatic rings. The van der Waals surface area contributed by atoms with Crippen molar-refractivity contribution in [2.45, 2.75) is 71.1 Å². The third-order valence-electron chi connectivity index (χ3n) is 6.42. The monoisotopic (exact) mass is 439 g/mol. The van der Waals surface area contributed by atoms with E-state index in [0.717, 1.165) is 55.2 Å². The average Bonchev–Trinajstić information content (AvgIpc) is 2.82. The summed E-state index contributed by atoms with van der Waals surface area (Å²) in [7, 11) is 3.24. The molecule has 2 aromatic carbocycles. The number of hydrogen-bond donors (Lipinski definition) is 2. The van der Waals surface area contributed by atoms with Crippen molar-refractivity contribution in [3.05, 3.63) is 70.1 Å². The molecular formula is C27H37NO4. The van der Waals surface area contributed by atoms with E-state index in [-0.39, 0.29) is 19.1 Å². The SMILES string of the molecule is [C-]#[N+]C(CCCCCCc1ccc(CO)c(CO)c1)(c1ccc(OC)c(OC)c1)C(C)C. The number of aliphatic hydroxyl groups is 2. The lowest BCUT2D eigenvalue weighted by Crippen LogP contribution is -2.28. The molecule has 1 atom stereocenters. The van der Waals surface area contributed by atoms with Crippen molar-refractivity contribution in [2.24, 2.45) is 5.92 Å². The van der Waals surface area contributed by atoms with E-state index in [2.05, 4.69) is 18.7 Å². The van der Waals surface area contributed by atoms with Gasteiger partial charge in [0.05, 0.1) is 27.4 Å². The number of aryl methyl sites for hydroxylation is 1. The van der Waals surface area contributed by atoms with Gasteiger partial charge in [-0.05, 0) is 54.2 Å². The van der Waals surface area contributed by atoms with E-state index in [0.29, 0.717) is 11.5 Å². The van der Waals surface area contributed by atoms with Crippen molar-refractivity contribution >= 4 is 0 Å². The van der Waals surface area contributed by atoms with Crippen LogP contribution in [0.15, 0.2) is 36.4 Å². The van der Waals surface area contributed by atoms with Gasteiger partial charge in [-0.2, -0.15) is 0 Å². The standard InChI is InChI=1S/C27H37NO4/c1-20(2)27(28-3,24-13-14-25(31-4)26(17-24)32-5)15-9-7-6-8-10-21-11-12-22(18-29)23(16-21)19-30/h11-14,16-17,20,29-30H,6-10,15,18-19H2,1-2,4-5H3. The molecular weight excluding hydrogens is 402 g/mol. The summed E-state index contributed by atoms with van der Waals surface area (Å²) in [6.45, 7) is 12.2. The number of hydrogen-bond acceptors (Lipinski definition) is 4. The fourth-order valence-electron chi connectivity index (χ4n) is 4.33. The number of rotatable bonds is 13. The van der Waals surface area contributed by atoms with Crippen LogP contribution in [0.2, 0.25) is 0 Å². The largest absolute Gasteiger partial charge is 0.493 e. The van der Waals surface area contributed by atoms with Gasteiger partial charge in [-0.1, -0.05) is 44.9 Å². The molecule has 5 heteroatoms. The van der Waals surface area contributed by atoms with E-state index < -0.39 is 5.54 Å². The third-order valence-corrected chi connectivity index (χ3v) is 6.42. The topological polar surface area (TPSA) is 63.3 Å². The van der Waals surface area contributed by atoms with Gasteiger partial charge >= 0.3 is 0 Å². The van der Waals surface area contributed by atoms with E-state index in [4.69, 9.17) is 16.0 Å². The summed E-state index contributed by atoms with van der Waals surface area (Å²) in [6, 6.07) is 11.8. The Morgan fingerprint density at radius 3 is 2.16 bits per heavy atom. The number of unbranched alkanes of at least 4 members (excludes halogenated alkanes) is 3. The molecule has 0 saturated heterocycles. The number of methoxy groups -OCH3 is 2. The van der Waals surface area contributed by atoms with Crippen LogP contribution in [0.25, 0.3) is 4.85 Å². The Balaban J connectivity index is 1.96. The van der Waals surface area contributed by atoms with E-state index in [9.17, 15) is 10.2 Å². The molecule has 0 heterocycles. The molecule has 1 unspecified atom stereocenters. The molecule has 0 spiro atoms. The molecule has 0 aromatic heterocycles. The lowest BCUT2D eigenvalue weighted by atomic mass is 9.76. The van der Waals surface area contributed by atoms with Gasteiger partial charge in [0.25, 0.3) is 5.54 Å². The molecule has 0 bridgehead atoms. The Kier molecular flexibility index (Phi) is 10.0. The van der Waals surface area contributed by atoms with Crippen molar-refractivity contribution in [3.8, 4) is 11.5 Å². The highest BCUT2D eigenvalue weighted by Crippen LogP contribution is 2.42. The average molecular weight is 440 g/mol. The quantitative estimate of drug-likeness (QED) is 0.313. The fourth-order valence-corrected chi connectivity index (χ4v) is 4.33. The molecule has 0 saturated carbocycles. The second-order valence-corrected chi connectivity index (χ2v) is 8.59. The first kappa shape index (κ1) is 25.7. The second kappa shape index (κ2) is 12.5. The highest BCUT2D eigenvalue weighted by Gasteiger charge is 2.42. The lowest BCUT2D eigenvalue weighted by Gasteiger charge is -2.27. The Bertz CT molecular complexity index is 903. The van der Waals surface area contributed by atoms with Gasteiger partial charge < -0.3 is 24.5 Å². The summed E-state index contributed by atoms with van der Waals surface area (Å²) < 4.78 is 10.8. The molecule has 0 radical (unpaired) electrons. The fraction of sp³-hybridized carbons (Fsp3) is 0.519. The Morgan fingerprint density at radius 2 is 1.56 bits per heavy atom. The zero-order valence-electron chi connectivity index (χ0n) is 19.9. The van der Waals surface area contributed by atoms with Gasteiger partial charge in [0, 0.05) is 17.9 Å². The summed E-state index contributed by atoms with van der Waals surface area (Å²) >= 11 is 0. The minimum Gasteiger partial charge on any atom is -0.493 e. The van der Waals surface area contributed by atoms with Crippen LogP contribution < -0.4 is 9.47 Å². The maximum Gasteiger partial charge on any atom is 0.259 e. The summed E-state index contributed by atoms with van der Waals surface area (Å²) in [5, 5.41) is 18.8.